The predicted octanol–water partition coefficient (Wildman–Crippen LogP) is 3.94. The molecule has 3 rings (SSSR count). The molecule has 2 aromatic rings. The van der Waals surface area contributed by atoms with Gasteiger partial charge in [-0.3, -0.25) is 9.36 Å². The van der Waals surface area contributed by atoms with Gasteiger partial charge in [0.05, 0.1) is 16.9 Å². The Morgan fingerprint density at radius 2 is 1.90 bits per heavy atom. The van der Waals surface area contributed by atoms with Crippen molar-refractivity contribution in [3.8, 4) is 0 Å². The summed E-state index contributed by atoms with van der Waals surface area (Å²) < 4.78 is 43.7. The smallest absolute Gasteiger partial charge is 0.262 e. The summed E-state index contributed by atoms with van der Waals surface area (Å²) >= 11 is 4.92. The molecule has 0 bridgehead atoms. The van der Waals surface area contributed by atoms with Gasteiger partial charge in [-0.05, 0) is 39.8 Å². The van der Waals surface area contributed by atoms with Crippen molar-refractivity contribution in [2.75, 3.05) is 18.0 Å². The molecule has 0 spiro atoms. The second-order valence-electron chi connectivity index (χ2n) is 8.73. The maximum atomic E-state index is 13.6. The third kappa shape index (κ3) is 4.74. The van der Waals surface area contributed by atoms with Crippen LogP contribution in [-0.2, 0) is 18.4 Å². The molecule has 2 atom stereocenters. The van der Waals surface area contributed by atoms with Crippen molar-refractivity contribution in [1.29, 1.82) is 0 Å². The average molecular weight is 461 g/mol. The van der Waals surface area contributed by atoms with Crippen molar-refractivity contribution >= 4 is 39.8 Å². The highest BCUT2D eigenvalue weighted by Gasteiger charge is 2.35. The second-order valence-corrected chi connectivity index (χ2v) is 11.2. The van der Waals surface area contributed by atoms with Gasteiger partial charge in [0, 0.05) is 54.9 Å². The molecule has 6 nitrogen and oxygen atoms in total. The molecule has 2 unspecified atom stereocenters. The van der Waals surface area contributed by atoms with Gasteiger partial charge in [0.1, 0.15) is 4.75 Å². The first-order valence-electron chi connectivity index (χ1n) is 9.81. The Morgan fingerprint density at radius 1 is 1.30 bits per heavy atom. The van der Waals surface area contributed by atoms with E-state index in [0.717, 1.165) is 0 Å². The molecule has 1 aromatic heterocycles. The van der Waals surface area contributed by atoms with Gasteiger partial charge >= 0.3 is 0 Å². The lowest BCUT2D eigenvalue weighted by Crippen LogP contribution is -2.42. The van der Waals surface area contributed by atoms with Gasteiger partial charge < -0.3 is 9.45 Å². The third-order valence-corrected chi connectivity index (χ3v) is 7.13. The normalized spacial score (nSPS) is 19.2. The third-order valence-electron chi connectivity index (χ3n) is 5.24. The lowest BCUT2D eigenvalue weighted by molar-refractivity contribution is -0.0223. The van der Waals surface area contributed by atoms with E-state index in [9.17, 15) is 18.1 Å². The highest BCUT2D eigenvalue weighted by molar-refractivity contribution is 7.90. The van der Waals surface area contributed by atoms with Crippen LogP contribution in [0.4, 0.5) is 14.7 Å². The van der Waals surface area contributed by atoms with Crippen LogP contribution in [0.5, 0.6) is 0 Å². The number of fused-ring (bicyclic) bond motifs is 1. The molecular weight excluding hydrogens is 434 g/mol. The molecule has 1 fully saturated rings. The standard InChI is InChI=1S/C20H27ClF2N4O2S/c1-12(25-30(29)19(2,3)4)14-10-13(21)11-15-16(14)24-18(26(5)17(15)28)27-8-6-20(22,23)7-9-27/h10-12,25H,6-9H2,1-5H3. The first-order chi connectivity index (χ1) is 13.8. The van der Waals surface area contributed by atoms with Crippen molar-refractivity contribution in [3.63, 3.8) is 0 Å². The number of benzene rings is 1. The monoisotopic (exact) mass is 460 g/mol. The van der Waals surface area contributed by atoms with Crippen LogP contribution in [0.3, 0.4) is 0 Å². The number of hydrogen-bond acceptors (Lipinski definition) is 5. The molecule has 0 amide bonds. The minimum absolute atomic E-state index is 0.115. The molecule has 1 N–H and O–H groups in total. The second kappa shape index (κ2) is 8.26. The summed E-state index contributed by atoms with van der Waals surface area (Å²) in [5, 5.41) is 0.707. The Hall–Kier alpha value is -1.42. The lowest BCUT2D eigenvalue weighted by atomic mass is 10.0. The number of anilines is 1. The summed E-state index contributed by atoms with van der Waals surface area (Å²) in [6.45, 7) is 7.63. The molecule has 1 saturated heterocycles. The van der Waals surface area contributed by atoms with Gasteiger partial charge in [-0.25, -0.2) is 13.8 Å². The molecular formula is C20H27ClF2N4O2S. The Balaban J connectivity index is 2.08. The van der Waals surface area contributed by atoms with Crippen molar-refractivity contribution in [3.05, 3.63) is 33.1 Å². The topological polar surface area (TPSA) is 73.2 Å². The van der Waals surface area contributed by atoms with Gasteiger partial charge in [-0.15, -0.1) is 4.72 Å². The summed E-state index contributed by atoms with van der Waals surface area (Å²) in [6.07, 6.45) is -0.562. The maximum absolute atomic E-state index is 13.6. The van der Waals surface area contributed by atoms with E-state index in [4.69, 9.17) is 11.6 Å². The van der Waals surface area contributed by atoms with Crippen molar-refractivity contribution < 1.29 is 13.3 Å². The fraction of sp³-hybridized carbons (Fsp3) is 0.600. The highest BCUT2D eigenvalue weighted by Crippen LogP contribution is 2.32. The number of nitrogens with one attached hydrogen (secondary N) is 1. The highest BCUT2D eigenvalue weighted by atomic mass is 35.5. The van der Waals surface area contributed by atoms with Gasteiger partial charge in [0.25, 0.3) is 11.5 Å². The summed E-state index contributed by atoms with van der Waals surface area (Å²) in [5.41, 5.74) is 0.761. The van der Waals surface area contributed by atoms with Crippen LogP contribution in [0.1, 0.15) is 52.1 Å². The Bertz CT molecular complexity index is 999. The summed E-state index contributed by atoms with van der Waals surface area (Å²) in [7, 11) is 1.58. The molecule has 0 aliphatic carbocycles. The van der Waals surface area contributed by atoms with Crippen LogP contribution in [0.25, 0.3) is 10.9 Å². The van der Waals surface area contributed by atoms with Gasteiger partial charge in [0.15, 0.2) is 0 Å². The van der Waals surface area contributed by atoms with Crippen LogP contribution >= 0.6 is 11.6 Å². The van der Waals surface area contributed by atoms with E-state index in [-0.39, 0.29) is 31.5 Å². The number of halogens is 3. The van der Waals surface area contributed by atoms with E-state index in [1.807, 2.05) is 27.7 Å². The van der Waals surface area contributed by atoms with Crippen LogP contribution in [-0.4, -0.2) is 37.9 Å². The molecule has 1 aromatic carbocycles. The minimum Gasteiger partial charge on any atom is -0.598 e. The van der Waals surface area contributed by atoms with E-state index in [1.165, 1.54) is 4.57 Å². The first-order valence-corrected chi connectivity index (χ1v) is 11.3. The van der Waals surface area contributed by atoms with Crippen LogP contribution < -0.4 is 15.2 Å². The first kappa shape index (κ1) is 23.2. The van der Waals surface area contributed by atoms with Crippen LogP contribution in [0, 0.1) is 0 Å². The molecule has 10 heteroatoms. The SMILES string of the molecule is CC(N[S+]([O-])C(C)(C)C)c1cc(Cl)cc2c(=O)n(C)c(N3CCC(F)(F)CC3)nc12. The number of aromatic nitrogens is 2. The number of rotatable bonds is 4. The van der Waals surface area contributed by atoms with Gasteiger partial charge in [-0.1, -0.05) is 11.6 Å². The predicted molar refractivity (Wildman–Crippen MR) is 118 cm³/mol. The van der Waals surface area contributed by atoms with Gasteiger partial charge in [-0.2, -0.15) is 0 Å². The van der Waals surface area contributed by atoms with E-state index in [2.05, 4.69) is 9.71 Å². The molecule has 0 saturated carbocycles. The fourth-order valence-electron chi connectivity index (χ4n) is 3.40. The van der Waals surface area contributed by atoms with E-state index in [0.29, 0.717) is 27.4 Å². The summed E-state index contributed by atoms with van der Waals surface area (Å²) in [5.74, 6) is -2.35. The Kier molecular flexibility index (Phi) is 6.40. The largest absolute Gasteiger partial charge is 0.598 e. The number of hydrogen-bond donors (Lipinski definition) is 1. The zero-order valence-corrected chi connectivity index (χ0v) is 19.3. The molecule has 166 valence electrons. The van der Waals surface area contributed by atoms with Crippen molar-refractivity contribution in [1.82, 2.24) is 14.3 Å². The molecule has 1 aliphatic heterocycles. The van der Waals surface area contributed by atoms with Crippen molar-refractivity contribution in [2.45, 2.75) is 57.2 Å². The number of nitrogens with zero attached hydrogens (tertiary/aromatic N) is 3. The fourth-order valence-corrected chi connectivity index (χ4v) is 4.43. The van der Waals surface area contributed by atoms with Crippen LogP contribution in [0.2, 0.25) is 5.02 Å². The Labute approximate surface area is 182 Å². The molecule has 1 aliphatic rings. The maximum Gasteiger partial charge on any atom is 0.262 e. The summed E-state index contributed by atoms with van der Waals surface area (Å²) in [4.78, 5) is 19.4. The zero-order valence-electron chi connectivity index (χ0n) is 17.8. The van der Waals surface area contributed by atoms with E-state index >= 15 is 0 Å². The number of piperidine rings is 1. The zero-order chi connectivity index (χ0) is 22.4. The molecule has 2 heterocycles. The Morgan fingerprint density at radius 3 is 2.47 bits per heavy atom. The van der Waals surface area contributed by atoms with Crippen LogP contribution in [0.15, 0.2) is 16.9 Å². The molecule has 0 radical (unpaired) electrons. The summed E-state index contributed by atoms with van der Waals surface area (Å²) in [6, 6.07) is 2.85. The minimum atomic E-state index is -2.69. The average Bonchev–Trinajstić information content (AvgIpc) is 2.64. The van der Waals surface area contributed by atoms with E-state index in [1.54, 1.807) is 24.1 Å². The number of alkyl halides is 2. The van der Waals surface area contributed by atoms with E-state index < -0.39 is 28.1 Å². The quantitative estimate of drug-likeness (QED) is 0.700. The van der Waals surface area contributed by atoms with Gasteiger partial charge in [0.2, 0.25) is 5.95 Å². The lowest BCUT2D eigenvalue weighted by Gasteiger charge is -2.33. The van der Waals surface area contributed by atoms with Crippen molar-refractivity contribution in [2.24, 2.45) is 7.05 Å². The molecule has 30 heavy (non-hydrogen) atoms.